The number of rotatable bonds is 11. The van der Waals surface area contributed by atoms with E-state index >= 15 is 4.39 Å². The Hall–Kier alpha value is -3.43. The summed E-state index contributed by atoms with van der Waals surface area (Å²) in [6.07, 6.45) is 5.26. The standard InChI is InChI=1S/C31H35ClFN3O4S/c1-2-28(31(38)34-25-11-5-3-6-12-25)35(21-23-17-19-24(32)20-18-23)30(37)22-36(29-16-10-9-15-27(29)33)41(39,40)26-13-7-4-8-14-26/h4,7-10,13-20,25,28H,2-3,5-6,11-12,21-22H2,1H3,(H,34,38). The van der Waals surface area contributed by atoms with Gasteiger partial charge in [-0.15, -0.1) is 0 Å². The highest BCUT2D eigenvalue weighted by molar-refractivity contribution is 7.92. The number of nitrogens with zero attached hydrogens (tertiary/aromatic N) is 2. The van der Waals surface area contributed by atoms with E-state index in [1.807, 2.05) is 6.92 Å². The van der Waals surface area contributed by atoms with Crippen LogP contribution in [0.2, 0.25) is 5.02 Å². The lowest BCUT2D eigenvalue weighted by molar-refractivity contribution is -0.140. The molecule has 218 valence electrons. The molecule has 1 unspecified atom stereocenters. The first-order chi connectivity index (χ1) is 19.7. The van der Waals surface area contributed by atoms with Crippen LogP contribution in [0, 0.1) is 5.82 Å². The zero-order chi connectivity index (χ0) is 29.4. The second-order valence-corrected chi connectivity index (χ2v) is 12.5. The number of para-hydroxylation sites is 1. The van der Waals surface area contributed by atoms with Crippen molar-refractivity contribution in [2.45, 2.75) is 69.0 Å². The fourth-order valence-corrected chi connectivity index (χ4v) is 6.71. The van der Waals surface area contributed by atoms with Crippen molar-refractivity contribution < 1.29 is 22.4 Å². The highest BCUT2D eigenvalue weighted by Gasteiger charge is 2.35. The van der Waals surface area contributed by atoms with E-state index in [-0.39, 0.29) is 29.1 Å². The molecule has 1 aliphatic rings. The topological polar surface area (TPSA) is 86.8 Å². The van der Waals surface area contributed by atoms with Crippen molar-refractivity contribution in [3.05, 3.63) is 95.3 Å². The summed E-state index contributed by atoms with van der Waals surface area (Å²) >= 11 is 6.07. The van der Waals surface area contributed by atoms with Crippen molar-refractivity contribution in [3.63, 3.8) is 0 Å². The first-order valence-corrected chi connectivity index (χ1v) is 15.7. The van der Waals surface area contributed by atoms with Crippen LogP contribution in [-0.4, -0.2) is 43.8 Å². The average Bonchev–Trinajstić information content (AvgIpc) is 2.98. The fourth-order valence-electron chi connectivity index (χ4n) is 5.14. The molecule has 0 radical (unpaired) electrons. The van der Waals surface area contributed by atoms with E-state index in [2.05, 4.69) is 5.32 Å². The molecule has 0 spiro atoms. The van der Waals surface area contributed by atoms with Gasteiger partial charge in [0.25, 0.3) is 10.0 Å². The molecule has 10 heteroatoms. The number of benzene rings is 3. The molecule has 1 aliphatic carbocycles. The van der Waals surface area contributed by atoms with Gasteiger partial charge in [0.1, 0.15) is 18.4 Å². The fraction of sp³-hybridized carbons (Fsp3) is 0.355. The van der Waals surface area contributed by atoms with Crippen LogP contribution in [-0.2, 0) is 26.2 Å². The molecule has 0 saturated heterocycles. The summed E-state index contributed by atoms with van der Waals surface area (Å²) in [7, 11) is -4.33. The molecular weight excluding hydrogens is 565 g/mol. The van der Waals surface area contributed by atoms with E-state index in [9.17, 15) is 18.0 Å². The van der Waals surface area contributed by atoms with Gasteiger partial charge >= 0.3 is 0 Å². The van der Waals surface area contributed by atoms with Crippen molar-refractivity contribution in [1.82, 2.24) is 10.2 Å². The molecule has 3 aromatic rings. The zero-order valence-electron chi connectivity index (χ0n) is 23.0. The summed E-state index contributed by atoms with van der Waals surface area (Å²) in [6.45, 7) is 1.16. The Kier molecular flexibility index (Phi) is 10.4. The molecule has 7 nitrogen and oxygen atoms in total. The van der Waals surface area contributed by atoms with Crippen LogP contribution >= 0.6 is 11.6 Å². The number of amides is 2. The predicted molar refractivity (Wildman–Crippen MR) is 158 cm³/mol. The monoisotopic (exact) mass is 599 g/mol. The second-order valence-electron chi connectivity index (χ2n) is 10.2. The number of carbonyl (C=O) groups is 2. The van der Waals surface area contributed by atoms with Crippen LogP contribution in [0.25, 0.3) is 0 Å². The summed E-state index contributed by atoms with van der Waals surface area (Å²) in [5.74, 6) is -1.70. The summed E-state index contributed by atoms with van der Waals surface area (Å²) in [5.41, 5.74) is 0.464. The lowest BCUT2D eigenvalue weighted by Crippen LogP contribution is -2.54. The maximum Gasteiger partial charge on any atom is 0.264 e. The Labute approximate surface area is 246 Å². The number of sulfonamides is 1. The molecule has 0 bridgehead atoms. The molecular formula is C31H35ClFN3O4S. The number of anilines is 1. The molecule has 1 N–H and O–H groups in total. The Morgan fingerprint density at radius 1 is 0.951 bits per heavy atom. The smallest absolute Gasteiger partial charge is 0.264 e. The zero-order valence-corrected chi connectivity index (χ0v) is 24.6. The number of carbonyl (C=O) groups excluding carboxylic acids is 2. The molecule has 1 saturated carbocycles. The van der Waals surface area contributed by atoms with Gasteiger partial charge in [0.05, 0.1) is 10.6 Å². The van der Waals surface area contributed by atoms with E-state index in [0.717, 1.165) is 48.0 Å². The Morgan fingerprint density at radius 2 is 1.59 bits per heavy atom. The number of hydrogen-bond donors (Lipinski definition) is 1. The number of hydrogen-bond acceptors (Lipinski definition) is 4. The van der Waals surface area contributed by atoms with Gasteiger partial charge in [0.2, 0.25) is 11.8 Å². The average molecular weight is 600 g/mol. The largest absolute Gasteiger partial charge is 0.352 e. The van der Waals surface area contributed by atoms with Crippen molar-refractivity contribution in [3.8, 4) is 0 Å². The minimum atomic E-state index is -4.33. The minimum Gasteiger partial charge on any atom is -0.352 e. The molecule has 3 aromatic carbocycles. The first kappa shape index (κ1) is 30.5. The Morgan fingerprint density at radius 3 is 2.22 bits per heavy atom. The summed E-state index contributed by atoms with van der Waals surface area (Å²) < 4.78 is 43.3. The molecule has 0 aliphatic heterocycles. The Bertz CT molecular complexity index is 1430. The summed E-state index contributed by atoms with van der Waals surface area (Å²) in [4.78, 5) is 28.9. The van der Waals surface area contributed by atoms with Gasteiger partial charge in [0, 0.05) is 17.6 Å². The molecule has 0 heterocycles. The Balaban J connectivity index is 1.70. The maximum absolute atomic E-state index is 15.0. The normalized spacial score (nSPS) is 14.7. The third-order valence-corrected chi connectivity index (χ3v) is 9.36. The van der Waals surface area contributed by atoms with E-state index < -0.39 is 34.3 Å². The van der Waals surface area contributed by atoms with Gasteiger partial charge in [0.15, 0.2) is 0 Å². The molecule has 1 fully saturated rings. The third-order valence-electron chi connectivity index (χ3n) is 7.33. The molecule has 4 rings (SSSR count). The SMILES string of the molecule is CCC(C(=O)NC1CCCCC1)N(Cc1ccc(Cl)cc1)C(=O)CN(c1ccccc1F)S(=O)(=O)c1ccccc1. The quantitative estimate of drug-likeness (QED) is 0.296. The second kappa shape index (κ2) is 14.0. The minimum absolute atomic E-state index is 0.0335. The summed E-state index contributed by atoms with van der Waals surface area (Å²) in [6, 6.07) is 19.1. The predicted octanol–water partition coefficient (Wildman–Crippen LogP) is 5.93. The van der Waals surface area contributed by atoms with E-state index in [0.29, 0.717) is 11.4 Å². The lowest BCUT2D eigenvalue weighted by Gasteiger charge is -2.34. The van der Waals surface area contributed by atoms with Gasteiger partial charge in [-0.05, 0) is 61.2 Å². The molecule has 41 heavy (non-hydrogen) atoms. The highest BCUT2D eigenvalue weighted by atomic mass is 35.5. The lowest BCUT2D eigenvalue weighted by atomic mass is 9.95. The van der Waals surface area contributed by atoms with Crippen molar-refractivity contribution in [2.24, 2.45) is 0 Å². The van der Waals surface area contributed by atoms with Crippen LogP contribution in [0.3, 0.4) is 0 Å². The first-order valence-electron chi connectivity index (χ1n) is 13.9. The molecule has 0 aromatic heterocycles. The number of halogens is 2. The van der Waals surface area contributed by atoms with Gasteiger partial charge in [-0.1, -0.05) is 80.3 Å². The van der Waals surface area contributed by atoms with Crippen LogP contribution in [0.5, 0.6) is 0 Å². The van der Waals surface area contributed by atoms with Gasteiger partial charge in [-0.25, -0.2) is 12.8 Å². The van der Waals surface area contributed by atoms with Gasteiger partial charge in [-0.2, -0.15) is 0 Å². The van der Waals surface area contributed by atoms with Crippen molar-refractivity contribution >= 4 is 39.1 Å². The summed E-state index contributed by atoms with van der Waals surface area (Å²) in [5, 5.41) is 3.63. The van der Waals surface area contributed by atoms with E-state index in [1.165, 1.54) is 35.2 Å². The highest BCUT2D eigenvalue weighted by Crippen LogP contribution is 2.27. The van der Waals surface area contributed by atoms with Crippen molar-refractivity contribution in [2.75, 3.05) is 10.8 Å². The van der Waals surface area contributed by atoms with Crippen LogP contribution in [0.4, 0.5) is 10.1 Å². The van der Waals surface area contributed by atoms with E-state index in [1.54, 1.807) is 42.5 Å². The molecule has 1 atom stereocenters. The number of nitrogens with one attached hydrogen (secondary N) is 1. The maximum atomic E-state index is 15.0. The third kappa shape index (κ3) is 7.65. The van der Waals surface area contributed by atoms with E-state index in [4.69, 9.17) is 11.6 Å². The van der Waals surface area contributed by atoms with Crippen LogP contribution in [0.1, 0.15) is 51.0 Å². The molecule has 2 amide bonds. The van der Waals surface area contributed by atoms with Gasteiger partial charge in [-0.3, -0.25) is 13.9 Å². The van der Waals surface area contributed by atoms with Crippen LogP contribution in [0.15, 0.2) is 83.8 Å². The van der Waals surface area contributed by atoms with Crippen LogP contribution < -0.4 is 9.62 Å². The van der Waals surface area contributed by atoms with Crippen molar-refractivity contribution in [1.29, 1.82) is 0 Å². The van der Waals surface area contributed by atoms with Gasteiger partial charge < -0.3 is 10.2 Å².